The van der Waals surface area contributed by atoms with Crippen LogP contribution < -0.4 is 21.5 Å². The van der Waals surface area contributed by atoms with Gasteiger partial charge in [-0.1, -0.05) is 23.6 Å². The minimum Gasteiger partial charge on any atom is -0.495 e. The van der Waals surface area contributed by atoms with Gasteiger partial charge in [0.1, 0.15) is 22.8 Å². The Labute approximate surface area is 220 Å². The normalized spacial score (nSPS) is 25.9. The van der Waals surface area contributed by atoms with Crippen molar-refractivity contribution < 1.29 is 13.9 Å². The summed E-state index contributed by atoms with van der Waals surface area (Å²) in [5.41, 5.74) is 9.10. The number of amides is 1. The van der Waals surface area contributed by atoms with Gasteiger partial charge in [0.25, 0.3) is 5.91 Å². The van der Waals surface area contributed by atoms with E-state index in [1.807, 2.05) is 26.4 Å². The maximum absolute atomic E-state index is 14.3. The van der Waals surface area contributed by atoms with E-state index in [0.29, 0.717) is 34.1 Å². The lowest BCUT2D eigenvalue weighted by Gasteiger charge is -2.25. The van der Waals surface area contributed by atoms with Crippen LogP contribution in [0.3, 0.4) is 0 Å². The Hall–Kier alpha value is -3.20. The van der Waals surface area contributed by atoms with Crippen LogP contribution in [0.1, 0.15) is 41.4 Å². The van der Waals surface area contributed by atoms with Gasteiger partial charge in [0.15, 0.2) is 0 Å². The number of carbonyl (C=O) groups is 1. The first kappa shape index (κ1) is 25.4. The highest BCUT2D eigenvalue weighted by Gasteiger charge is 2.30. The van der Waals surface area contributed by atoms with Crippen LogP contribution >= 0.6 is 11.8 Å². The van der Waals surface area contributed by atoms with Crippen molar-refractivity contribution in [2.75, 3.05) is 27.9 Å². The van der Waals surface area contributed by atoms with Gasteiger partial charge < -0.3 is 25.2 Å². The third-order valence-electron chi connectivity index (χ3n) is 6.50. The van der Waals surface area contributed by atoms with Crippen LogP contribution in [0, 0.1) is 17.8 Å². The van der Waals surface area contributed by atoms with Crippen LogP contribution in [0.4, 0.5) is 4.39 Å². The van der Waals surface area contributed by atoms with Crippen molar-refractivity contribution in [3.05, 3.63) is 53.3 Å². The smallest absolute Gasteiger partial charge is 0.255 e. The number of hydrogen-bond acceptors (Lipinski definition) is 9. The molecule has 0 aromatic carbocycles. The van der Waals surface area contributed by atoms with Crippen LogP contribution in [0.15, 0.2) is 36.5 Å². The first-order valence-electron chi connectivity index (χ1n) is 12.3. The van der Waals surface area contributed by atoms with E-state index < -0.39 is 12.2 Å². The van der Waals surface area contributed by atoms with Gasteiger partial charge in [-0.3, -0.25) is 9.78 Å². The van der Waals surface area contributed by atoms with Crippen molar-refractivity contribution in [1.29, 1.82) is 0 Å². The number of rotatable bonds is 6. The summed E-state index contributed by atoms with van der Waals surface area (Å²) in [6.45, 7) is 2.23. The Balaban J connectivity index is 1.46. The van der Waals surface area contributed by atoms with E-state index in [9.17, 15) is 9.18 Å². The predicted octanol–water partition coefficient (Wildman–Crippen LogP) is 2.01. The zero-order valence-electron chi connectivity index (χ0n) is 21.3. The number of hydrazine groups is 1. The first-order chi connectivity index (χ1) is 17.8. The number of nitrogens with one attached hydrogen (secondary N) is 4. The molecule has 4 atom stereocenters. The van der Waals surface area contributed by atoms with Crippen LogP contribution in [0.25, 0.3) is 11.3 Å². The molecule has 9 nitrogen and oxygen atoms in total. The molecule has 0 bridgehead atoms. The summed E-state index contributed by atoms with van der Waals surface area (Å²) in [6.07, 6.45) is 8.19. The highest BCUT2D eigenvalue weighted by Crippen LogP contribution is 2.33. The second-order valence-electron chi connectivity index (χ2n) is 9.61. The lowest BCUT2D eigenvalue weighted by atomic mass is 9.93. The van der Waals surface area contributed by atoms with Gasteiger partial charge in [-0.2, -0.15) is 0 Å². The molecule has 1 saturated heterocycles. The summed E-state index contributed by atoms with van der Waals surface area (Å²) >= 11 is 1.50. The molecule has 0 radical (unpaired) electrons. The molecule has 1 amide bonds. The van der Waals surface area contributed by atoms with Crippen LogP contribution in [-0.4, -0.2) is 71.7 Å². The number of nitrogens with zero attached hydrogens (tertiary/aromatic N) is 3. The van der Waals surface area contributed by atoms with Crippen molar-refractivity contribution in [2.45, 2.75) is 42.9 Å². The minimum absolute atomic E-state index is 0.102. The maximum atomic E-state index is 14.3. The topological polar surface area (TPSA) is 93.8 Å². The fourth-order valence-corrected chi connectivity index (χ4v) is 5.21. The van der Waals surface area contributed by atoms with Crippen molar-refractivity contribution >= 4 is 28.9 Å². The van der Waals surface area contributed by atoms with Gasteiger partial charge in [0.05, 0.1) is 36.8 Å². The van der Waals surface area contributed by atoms with Crippen molar-refractivity contribution in [3.63, 3.8) is 0 Å². The molecule has 1 aliphatic carbocycles. The summed E-state index contributed by atoms with van der Waals surface area (Å²) in [5.74, 6) is 7.18. The van der Waals surface area contributed by atoms with Crippen LogP contribution in [0.5, 0.6) is 0 Å². The fourth-order valence-electron chi connectivity index (χ4n) is 4.35. The number of alkyl halides is 1. The van der Waals surface area contributed by atoms with Gasteiger partial charge in [-0.25, -0.2) is 15.2 Å². The van der Waals surface area contributed by atoms with E-state index in [1.54, 1.807) is 25.6 Å². The summed E-state index contributed by atoms with van der Waals surface area (Å²) in [6, 6.07) is 1.32. The van der Waals surface area contributed by atoms with Gasteiger partial charge in [-0.15, -0.1) is 0 Å². The van der Waals surface area contributed by atoms with Crippen LogP contribution in [-0.2, 0) is 4.74 Å². The number of allylic oxidation sites excluding steroid dienone is 1. The van der Waals surface area contributed by atoms with Gasteiger partial charge in [0, 0.05) is 49.7 Å². The number of dihydropyridines is 1. The Bertz CT molecular complexity index is 1220. The summed E-state index contributed by atoms with van der Waals surface area (Å²) in [7, 11) is 5.53. The maximum Gasteiger partial charge on any atom is 0.255 e. The number of halogens is 1. The Morgan fingerprint density at radius 1 is 1.32 bits per heavy atom. The standard InChI is InChI=1S/C26H32FN7O2S/c1-15(27)20-10-18(23(36-4)12-29-20)17-9-21(22-13-33(2)14-34(22)3)28-11-19(17)25(35)30-26-32-31-24(37-26)8-7-16-5-6-16/h9-13,15-16,20,24,26,29,31-32H,5-6,14H2,1-4H3,(H,30,35). The molecule has 11 heteroatoms. The van der Waals surface area contributed by atoms with Gasteiger partial charge in [0.2, 0.25) is 0 Å². The molecule has 37 heavy (non-hydrogen) atoms. The number of thioether (sulfide) groups is 1. The number of methoxy groups -OCH3 is 1. The van der Waals surface area contributed by atoms with Crippen molar-refractivity contribution in [2.24, 2.45) is 5.92 Å². The number of ether oxygens (including phenoxy) is 1. The number of hydrogen-bond donors (Lipinski definition) is 4. The Morgan fingerprint density at radius 2 is 2.14 bits per heavy atom. The lowest BCUT2D eigenvalue weighted by molar-refractivity contribution is 0.0944. The average Bonchev–Trinajstić information content (AvgIpc) is 3.51. The summed E-state index contributed by atoms with van der Waals surface area (Å²) < 4.78 is 19.9. The van der Waals surface area contributed by atoms with E-state index in [4.69, 9.17) is 4.74 Å². The Kier molecular flexibility index (Phi) is 7.33. The highest BCUT2D eigenvalue weighted by molar-refractivity contribution is 8.00. The molecule has 4 unspecified atom stereocenters. The molecular weight excluding hydrogens is 493 g/mol. The van der Waals surface area contributed by atoms with Crippen molar-refractivity contribution in [3.8, 4) is 11.8 Å². The number of aromatic nitrogens is 1. The first-order valence-corrected chi connectivity index (χ1v) is 13.3. The van der Waals surface area contributed by atoms with E-state index in [1.165, 1.54) is 18.7 Å². The monoisotopic (exact) mass is 525 g/mol. The predicted molar refractivity (Wildman–Crippen MR) is 143 cm³/mol. The van der Waals surface area contributed by atoms with E-state index in [-0.39, 0.29) is 16.8 Å². The van der Waals surface area contributed by atoms with Crippen LogP contribution in [0.2, 0.25) is 0 Å². The molecule has 1 saturated carbocycles. The molecular formula is C26H32FN7O2S. The summed E-state index contributed by atoms with van der Waals surface area (Å²) in [5, 5.41) is 5.93. The summed E-state index contributed by atoms with van der Waals surface area (Å²) in [4.78, 5) is 22.3. The molecule has 196 valence electrons. The van der Waals surface area contributed by atoms with Crippen molar-refractivity contribution in [1.82, 2.24) is 36.3 Å². The Morgan fingerprint density at radius 3 is 2.81 bits per heavy atom. The fraction of sp³-hybridized carbons (Fsp3) is 0.462. The lowest BCUT2D eigenvalue weighted by Crippen LogP contribution is -2.43. The molecule has 1 aromatic heterocycles. The molecule has 5 rings (SSSR count). The highest BCUT2D eigenvalue weighted by atomic mass is 32.2. The molecule has 0 spiro atoms. The molecule has 2 fully saturated rings. The molecule has 4 heterocycles. The number of carbonyl (C=O) groups excluding carboxylic acids is 1. The molecule has 4 N–H and O–H groups in total. The van der Waals surface area contributed by atoms with E-state index >= 15 is 0 Å². The van der Waals surface area contributed by atoms with Gasteiger partial charge >= 0.3 is 0 Å². The largest absolute Gasteiger partial charge is 0.495 e. The zero-order valence-corrected chi connectivity index (χ0v) is 22.2. The second-order valence-corrected chi connectivity index (χ2v) is 10.8. The SMILES string of the molecule is COC1=CNC(C(C)F)C=C1c1cc(C2=CN(C)CN2C)ncc1C(=O)NC1NNC(C#CC2CC2)S1. The minimum atomic E-state index is -1.14. The molecule has 3 aliphatic heterocycles. The van der Waals surface area contributed by atoms with E-state index in [0.717, 1.165) is 25.2 Å². The van der Waals surface area contributed by atoms with E-state index in [2.05, 4.69) is 48.1 Å². The second kappa shape index (κ2) is 10.7. The third-order valence-corrected chi connectivity index (χ3v) is 7.52. The van der Waals surface area contributed by atoms with Gasteiger partial charge in [-0.05, 0) is 31.9 Å². The molecule has 1 aromatic rings. The quantitative estimate of drug-likeness (QED) is 0.416. The number of pyridine rings is 1. The average molecular weight is 526 g/mol. The molecule has 4 aliphatic rings. The third kappa shape index (κ3) is 5.71. The zero-order chi connectivity index (χ0) is 26.1.